The summed E-state index contributed by atoms with van der Waals surface area (Å²) in [6.07, 6.45) is 2.30. The molecule has 3 rings (SSSR count). The first-order chi connectivity index (χ1) is 12.4. The van der Waals surface area contributed by atoms with E-state index in [0.29, 0.717) is 22.0 Å². The Morgan fingerprint density at radius 2 is 1.85 bits per heavy atom. The number of carbonyl (C=O) groups excluding carboxylic acids is 3. The molecule has 0 saturated carbocycles. The molecule has 1 N–H and O–H groups in total. The van der Waals surface area contributed by atoms with Crippen LogP contribution in [0.3, 0.4) is 0 Å². The molecular weight excluding hydrogens is 400 g/mol. The van der Waals surface area contributed by atoms with Crippen molar-refractivity contribution in [1.82, 2.24) is 5.32 Å². The molecule has 1 aromatic heterocycles. The van der Waals surface area contributed by atoms with E-state index >= 15 is 0 Å². The Hall–Kier alpha value is -2.67. The largest absolute Gasteiger partial charge is 0.450 e. The lowest BCUT2D eigenvalue weighted by Crippen LogP contribution is -2.54. The third kappa shape index (κ3) is 3.48. The third-order valence-electron chi connectivity index (χ3n) is 4.31. The van der Waals surface area contributed by atoms with E-state index in [-0.39, 0.29) is 5.57 Å². The first-order valence-corrected chi connectivity index (χ1v) is 8.96. The number of amides is 4. The highest BCUT2D eigenvalue weighted by Crippen LogP contribution is 2.26. The van der Waals surface area contributed by atoms with Gasteiger partial charge in [0, 0.05) is 0 Å². The quantitative estimate of drug-likeness (QED) is 0.597. The van der Waals surface area contributed by atoms with Crippen molar-refractivity contribution in [3.63, 3.8) is 0 Å². The fraction of sp³-hybridized carbons (Fsp3) is 0.211. The fourth-order valence-corrected chi connectivity index (χ4v) is 2.95. The predicted octanol–water partition coefficient (Wildman–Crippen LogP) is 4.22. The van der Waals surface area contributed by atoms with E-state index in [1.54, 1.807) is 24.3 Å². The van der Waals surface area contributed by atoms with Crippen LogP contribution in [0.1, 0.15) is 37.5 Å². The molecule has 2 heterocycles. The number of hydrogen-bond donors (Lipinski definition) is 1. The molecule has 0 aliphatic carbocycles. The average molecular weight is 417 g/mol. The summed E-state index contributed by atoms with van der Waals surface area (Å²) in [6, 6.07) is 9.66. The maximum atomic E-state index is 12.8. The Morgan fingerprint density at radius 1 is 1.15 bits per heavy atom. The second-order valence-corrected chi connectivity index (χ2v) is 6.78. The molecule has 1 atom stereocenters. The Kier molecular flexibility index (Phi) is 5.08. The van der Waals surface area contributed by atoms with Crippen molar-refractivity contribution in [2.75, 3.05) is 4.90 Å². The van der Waals surface area contributed by atoms with Crippen LogP contribution in [-0.4, -0.2) is 17.8 Å². The number of halogens is 1. The number of imide groups is 2. The molecule has 1 fully saturated rings. The maximum Gasteiger partial charge on any atom is 0.335 e. The predicted molar refractivity (Wildman–Crippen MR) is 101 cm³/mol. The summed E-state index contributed by atoms with van der Waals surface area (Å²) in [4.78, 5) is 38.0. The van der Waals surface area contributed by atoms with Gasteiger partial charge in [0.2, 0.25) is 0 Å². The molecule has 0 spiro atoms. The summed E-state index contributed by atoms with van der Waals surface area (Å²) in [5, 5.41) is 2.19. The van der Waals surface area contributed by atoms with Crippen molar-refractivity contribution < 1.29 is 18.8 Å². The van der Waals surface area contributed by atoms with Gasteiger partial charge in [0.15, 0.2) is 4.67 Å². The highest BCUT2D eigenvalue weighted by molar-refractivity contribution is 9.10. The lowest BCUT2D eigenvalue weighted by Gasteiger charge is -2.26. The molecule has 1 aliphatic heterocycles. The number of furan rings is 1. The molecule has 1 aliphatic rings. The van der Waals surface area contributed by atoms with Crippen molar-refractivity contribution in [3.05, 3.63) is 58.0 Å². The Morgan fingerprint density at radius 3 is 2.42 bits per heavy atom. The summed E-state index contributed by atoms with van der Waals surface area (Å²) in [5.41, 5.74) is 1.35. The van der Waals surface area contributed by atoms with Gasteiger partial charge in [-0.1, -0.05) is 26.0 Å². The highest BCUT2D eigenvalue weighted by atomic mass is 79.9. The first kappa shape index (κ1) is 18.1. The van der Waals surface area contributed by atoms with Crippen molar-refractivity contribution in [2.45, 2.75) is 26.2 Å². The monoisotopic (exact) mass is 416 g/mol. The molecule has 6 nitrogen and oxygen atoms in total. The van der Waals surface area contributed by atoms with Gasteiger partial charge in [0.05, 0.1) is 5.69 Å². The van der Waals surface area contributed by atoms with Gasteiger partial charge in [-0.3, -0.25) is 14.9 Å². The second kappa shape index (κ2) is 7.29. The number of barbiturate groups is 1. The molecule has 1 saturated heterocycles. The van der Waals surface area contributed by atoms with E-state index < -0.39 is 17.8 Å². The fourth-order valence-electron chi connectivity index (χ4n) is 2.63. The Balaban J connectivity index is 1.94. The molecular formula is C19H17BrN2O4. The van der Waals surface area contributed by atoms with Crippen LogP contribution in [0, 0.1) is 0 Å². The van der Waals surface area contributed by atoms with Gasteiger partial charge < -0.3 is 4.42 Å². The van der Waals surface area contributed by atoms with E-state index in [4.69, 9.17) is 4.42 Å². The van der Waals surface area contributed by atoms with Gasteiger partial charge in [-0.15, -0.1) is 0 Å². The zero-order chi connectivity index (χ0) is 18.8. The van der Waals surface area contributed by atoms with Crippen LogP contribution in [-0.2, 0) is 9.59 Å². The molecule has 26 heavy (non-hydrogen) atoms. The van der Waals surface area contributed by atoms with Gasteiger partial charge in [0.25, 0.3) is 11.8 Å². The number of hydrogen-bond acceptors (Lipinski definition) is 4. The van der Waals surface area contributed by atoms with Crippen LogP contribution in [0.4, 0.5) is 10.5 Å². The summed E-state index contributed by atoms with van der Waals surface area (Å²) in [7, 11) is 0. The number of rotatable bonds is 4. The van der Waals surface area contributed by atoms with Crippen LogP contribution in [0.2, 0.25) is 0 Å². The van der Waals surface area contributed by atoms with Gasteiger partial charge in [-0.2, -0.15) is 0 Å². The molecule has 0 bridgehead atoms. The van der Waals surface area contributed by atoms with Gasteiger partial charge >= 0.3 is 6.03 Å². The Bertz CT molecular complexity index is 899. The molecule has 134 valence electrons. The average Bonchev–Trinajstić information content (AvgIpc) is 3.03. The van der Waals surface area contributed by atoms with Crippen LogP contribution in [0.25, 0.3) is 6.08 Å². The second-order valence-electron chi connectivity index (χ2n) is 6.00. The van der Waals surface area contributed by atoms with Crippen LogP contribution in [0.15, 0.2) is 51.1 Å². The number of nitrogens with one attached hydrogen (secondary N) is 1. The number of carbonyl (C=O) groups is 3. The Labute approximate surface area is 159 Å². The normalized spacial score (nSPS) is 17.6. The highest BCUT2D eigenvalue weighted by Gasteiger charge is 2.37. The van der Waals surface area contributed by atoms with Crippen molar-refractivity contribution in [1.29, 1.82) is 0 Å². The zero-order valence-corrected chi connectivity index (χ0v) is 15.9. The van der Waals surface area contributed by atoms with Gasteiger partial charge in [0.1, 0.15) is 11.3 Å². The minimum Gasteiger partial charge on any atom is -0.450 e. The topological polar surface area (TPSA) is 79.6 Å². The zero-order valence-electron chi connectivity index (χ0n) is 14.3. The lowest BCUT2D eigenvalue weighted by molar-refractivity contribution is -0.122. The molecule has 0 radical (unpaired) electrons. The minimum absolute atomic E-state index is 0.169. The van der Waals surface area contributed by atoms with E-state index in [1.165, 1.54) is 6.08 Å². The van der Waals surface area contributed by atoms with E-state index in [2.05, 4.69) is 35.1 Å². The number of benzene rings is 1. The minimum atomic E-state index is -0.769. The lowest BCUT2D eigenvalue weighted by atomic mass is 9.98. The summed E-state index contributed by atoms with van der Waals surface area (Å²) in [6.45, 7) is 4.20. The summed E-state index contributed by atoms with van der Waals surface area (Å²) < 4.78 is 5.78. The van der Waals surface area contributed by atoms with Crippen molar-refractivity contribution in [2.24, 2.45) is 0 Å². The van der Waals surface area contributed by atoms with Crippen LogP contribution in [0.5, 0.6) is 0 Å². The third-order valence-corrected chi connectivity index (χ3v) is 4.74. The molecule has 7 heteroatoms. The molecule has 4 amide bonds. The van der Waals surface area contributed by atoms with Crippen LogP contribution >= 0.6 is 15.9 Å². The van der Waals surface area contributed by atoms with E-state index in [0.717, 1.165) is 16.9 Å². The summed E-state index contributed by atoms with van der Waals surface area (Å²) >= 11 is 3.16. The first-order valence-electron chi connectivity index (χ1n) is 8.17. The van der Waals surface area contributed by atoms with Crippen molar-refractivity contribution in [3.8, 4) is 0 Å². The van der Waals surface area contributed by atoms with E-state index in [1.807, 2.05) is 12.1 Å². The van der Waals surface area contributed by atoms with Gasteiger partial charge in [-0.25, -0.2) is 9.69 Å². The number of anilines is 1. The SMILES string of the molecule is CC[C@H](C)c1ccc(N2C(=O)NC(=O)/C(=C/c3ccc(Br)o3)C2=O)cc1. The molecule has 1 aromatic carbocycles. The van der Waals surface area contributed by atoms with E-state index in [9.17, 15) is 14.4 Å². The molecule has 2 aromatic rings. The van der Waals surface area contributed by atoms with Crippen molar-refractivity contribution >= 4 is 45.5 Å². The van der Waals surface area contributed by atoms with Crippen LogP contribution < -0.4 is 10.2 Å². The van der Waals surface area contributed by atoms with Gasteiger partial charge in [-0.05, 0) is 64.2 Å². The summed E-state index contributed by atoms with van der Waals surface area (Å²) in [5.74, 6) is -0.733. The smallest absolute Gasteiger partial charge is 0.335 e. The number of urea groups is 1. The molecule has 0 unspecified atom stereocenters. The maximum absolute atomic E-state index is 12.8. The number of nitrogens with zero attached hydrogens (tertiary/aromatic N) is 1. The standard InChI is InChI=1S/C19H17BrN2O4/c1-3-11(2)12-4-6-13(7-5-12)22-18(24)15(17(23)21-19(22)25)10-14-8-9-16(20)26-14/h4-11H,3H2,1-2H3,(H,21,23,25)/b15-10-/t11-/m0/s1.